The fourth-order valence-corrected chi connectivity index (χ4v) is 2.42. The van der Waals surface area contributed by atoms with Crippen LogP contribution in [-0.4, -0.2) is 22.7 Å². The highest BCUT2D eigenvalue weighted by Gasteiger charge is 2.08. The van der Waals surface area contributed by atoms with Crippen molar-refractivity contribution in [2.75, 3.05) is 11.9 Å². The topological polar surface area (TPSA) is 76.2 Å². The van der Waals surface area contributed by atoms with Gasteiger partial charge >= 0.3 is 0 Å². The molecule has 19 heavy (non-hydrogen) atoms. The Labute approximate surface area is 116 Å². The number of aromatic nitrogens is 2. The molecule has 0 aliphatic heterocycles. The molecule has 0 bridgehead atoms. The molecule has 1 aromatic carbocycles. The number of rotatable bonds is 4. The molecule has 0 amide bonds. The van der Waals surface area contributed by atoms with Gasteiger partial charge in [0.2, 0.25) is 5.13 Å². The highest BCUT2D eigenvalue weighted by Crippen LogP contribution is 2.28. The number of anilines is 1. The van der Waals surface area contributed by atoms with Gasteiger partial charge in [-0.2, -0.15) is 0 Å². The van der Waals surface area contributed by atoms with Gasteiger partial charge in [-0.1, -0.05) is 42.5 Å². The van der Waals surface area contributed by atoms with Crippen molar-refractivity contribution in [3.63, 3.8) is 0 Å². The zero-order valence-corrected chi connectivity index (χ0v) is 11.9. The maximum Gasteiger partial charge on any atom is 0.212 e. The van der Waals surface area contributed by atoms with Crippen LogP contribution in [0.25, 0.3) is 10.6 Å². The second-order valence-corrected chi connectivity index (χ2v) is 5.10. The third-order valence-electron chi connectivity index (χ3n) is 2.54. The number of hydrogen-bond donors (Lipinski definition) is 2. The van der Waals surface area contributed by atoms with Crippen LogP contribution in [0.3, 0.4) is 0 Å². The van der Waals surface area contributed by atoms with Crippen molar-refractivity contribution < 1.29 is 0 Å². The molecule has 0 radical (unpaired) electrons. The lowest BCUT2D eigenvalue weighted by atomic mass is 10.1. The first-order valence-corrected chi connectivity index (χ1v) is 6.98. The second-order valence-electron chi connectivity index (χ2n) is 4.12. The molecule has 0 fully saturated rings. The van der Waals surface area contributed by atoms with E-state index in [0.717, 1.165) is 17.0 Å². The van der Waals surface area contributed by atoms with E-state index in [1.54, 1.807) is 0 Å². The average molecular weight is 275 g/mol. The van der Waals surface area contributed by atoms with Gasteiger partial charge in [0.25, 0.3) is 0 Å². The van der Waals surface area contributed by atoms with Gasteiger partial charge in [0.1, 0.15) is 5.01 Å². The number of aryl methyl sites for hydroxylation is 1. The molecule has 100 valence electrons. The minimum atomic E-state index is 0.384. The Balaban J connectivity index is 2.14. The van der Waals surface area contributed by atoms with Crippen LogP contribution in [0.5, 0.6) is 0 Å². The zero-order chi connectivity index (χ0) is 13.7. The van der Waals surface area contributed by atoms with Gasteiger partial charge < -0.3 is 11.1 Å². The normalized spacial score (nSPS) is 11.6. The summed E-state index contributed by atoms with van der Waals surface area (Å²) < 4.78 is 0. The number of aliphatic imine (C=N–C) groups is 1. The maximum atomic E-state index is 5.75. The Kier molecular flexibility index (Phi) is 4.46. The minimum absolute atomic E-state index is 0.384. The predicted octanol–water partition coefficient (Wildman–Crippen LogP) is 2.65. The molecule has 5 nitrogen and oxygen atoms in total. The Morgan fingerprint density at radius 3 is 2.89 bits per heavy atom. The first-order valence-electron chi connectivity index (χ1n) is 6.17. The number of nitrogens with zero attached hydrogens (tertiary/aromatic N) is 3. The van der Waals surface area contributed by atoms with E-state index in [2.05, 4.69) is 40.4 Å². The van der Waals surface area contributed by atoms with Crippen LogP contribution >= 0.6 is 11.3 Å². The van der Waals surface area contributed by atoms with Crippen molar-refractivity contribution in [2.45, 2.75) is 20.3 Å². The van der Waals surface area contributed by atoms with Crippen LogP contribution in [-0.2, 0) is 0 Å². The van der Waals surface area contributed by atoms with E-state index < -0.39 is 0 Å². The van der Waals surface area contributed by atoms with E-state index in [0.29, 0.717) is 17.6 Å². The van der Waals surface area contributed by atoms with Crippen LogP contribution in [0.1, 0.15) is 18.9 Å². The summed E-state index contributed by atoms with van der Waals surface area (Å²) >= 11 is 1.47. The van der Waals surface area contributed by atoms with Gasteiger partial charge in [0.05, 0.1) is 0 Å². The summed E-state index contributed by atoms with van der Waals surface area (Å²) in [5.41, 5.74) is 8.02. The van der Waals surface area contributed by atoms with Crippen molar-refractivity contribution in [1.29, 1.82) is 0 Å². The highest BCUT2D eigenvalue weighted by molar-refractivity contribution is 7.18. The Hall–Kier alpha value is -1.95. The summed E-state index contributed by atoms with van der Waals surface area (Å²) in [6.45, 7) is 4.82. The number of nitrogens with two attached hydrogens (primary N) is 1. The molecule has 0 aliphatic carbocycles. The molecule has 0 unspecified atom stereocenters. The molecule has 0 aliphatic rings. The molecular formula is C13H17N5S. The molecule has 2 rings (SSSR count). The van der Waals surface area contributed by atoms with E-state index in [9.17, 15) is 0 Å². The number of hydrogen-bond acceptors (Lipinski definition) is 4. The largest absolute Gasteiger partial charge is 0.370 e. The van der Waals surface area contributed by atoms with Gasteiger partial charge in [-0.15, -0.1) is 10.2 Å². The standard InChI is InChI=1S/C13H17N5S/c1-3-8-15-12(14)16-13-18-17-11(19-13)10-7-5-4-6-9(10)2/h4-7H,3,8H2,1-2H3,(H3,14,15,16,18). The van der Waals surface area contributed by atoms with Crippen molar-refractivity contribution in [2.24, 2.45) is 10.7 Å². The van der Waals surface area contributed by atoms with Crippen molar-refractivity contribution in [3.05, 3.63) is 29.8 Å². The first-order chi connectivity index (χ1) is 9.20. The molecule has 0 saturated heterocycles. The first kappa shape index (κ1) is 13.5. The summed E-state index contributed by atoms with van der Waals surface area (Å²) in [4.78, 5) is 4.16. The lowest BCUT2D eigenvalue weighted by Gasteiger charge is -2.00. The monoisotopic (exact) mass is 275 g/mol. The predicted molar refractivity (Wildman–Crippen MR) is 80.5 cm³/mol. The molecular weight excluding hydrogens is 258 g/mol. The lowest BCUT2D eigenvalue weighted by molar-refractivity contribution is 0.929. The van der Waals surface area contributed by atoms with Gasteiger partial charge in [0.15, 0.2) is 5.96 Å². The Morgan fingerprint density at radius 1 is 1.37 bits per heavy atom. The van der Waals surface area contributed by atoms with E-state index in [-0.39, 0.29) is 0 Å². The van der Waals surface area contributed by atoms with E-state index in [4.69, 9.17) is 5.73 Å². The van der Waals surface area contributed by atoms with Crippen LogP contribution in [0.2, 0.25) is 0 Å². The summed E-state index contributed by atoms with van der Waals surface area (Å²) in [5.74, 6) is 0.384. The van der Waals surface area contributed by atoms with Crippen LogP contribution in [0, 0.1) is 6.92 Å². The Morgan fingerprint density at radius 2 is 2.16 bits per heavy atom. The molecule has 0 spiro atoms. The summed E-state index contributed by atoms with van der Waals surface area (Å²) in [6.07, 6.45) is 0.965. The van der Waals surface area contributed by atoms with Crippen LogP contribution in [0.15, 0.2) is 29.3 Å². The molecule has 3 N–H and O–H groups in total. The smallest absolute Gasteiger partial charge is 0.212 e. The zero-order valence-electron chi connectivity index (χ0n) is 11.1. The summed E-state index contributed by atoms with van der Waals surface area (Å²) in [6, 6.07) is 8.09. The quantitative estimate of drug-likeness (QED) is 0.664. The molecule has 6 heteroatoms. The van der Waals surface area contributed by atoms with Gasteiger partial charge in [0, 0.05) is 12.1 Å². The van der Waals surface area contributed by atoms with Gasteiger partial charge in [-0.25, -0.2) is 0 Å². The molecule has 1 heterocycles. The van der Waals surface area contributed by atoms with E-state index >= 15 is 0 Å². The third-order valence-corrected chi connectivity index (χ3v) is 3.41. The van der Waals surface area contributed by atoms with Crippen molar-refractivity contribution in [1.82, 2.24) is 10.2 Å². The average Bonchev–Trinajstić information content (AvgIpc) is 2.85. The second kappa shape index (κ2) is 6.29. The van der Waals surface area contributed by atoms with Crippen molar-refractivity contribution in [3.8, 4) is 10.6 Å². The minimum Gasteiger partial charge on any atom is -0.370 e. The lowest BCUT2D eigenvalue weighted by Crippen LogP contribution is -2.22. The van der Waals surface area contributed by atoms with E-state index in [1.807, 2.05) is 18.2 Å². The number of guanidine groups is 1. The van der Waals surface area contributed by atoms with Crippen LogP contribution < -0.4 is 11.1 Å². The van der Waals surface area contributed by atoms with E-state index in [1.165, 1.54) is 16.9 Å². The molecule has 0 atom stereocenters. The fraction of sp³-hybridized carbons (Fsp3) is 0.308. The maximum absolute atomic E-state index is 5.75. The Bertz CT molecular complexity index is 576. The van der Waals surface area contributed by atoms with Crippen molar-refractivity contribution >= 4 is 22.4 Å². The van der Waals surface area contributed by atoms with Crippen LogP contribution in [0.4, 0.5) is 5.13 Å². The highest BCUT2D eigenvalue weighted by atomic mass is 32.1. The number of nitrogens with one attached hydrogen (secondary N) is 1. The summed E-state index contributed by atoms with van der Waals surface area (Å²) in [7, 11) is 0. The number of benzene rings is 1. The van der Waals surface area contributed by atoms with Gasteiger partial charge in [-0.3, -0.25) is 4.99 Å². The molecule has 0 saturated carbocycles. The third kappa shape index (κ3) is 3.51. The molecule has 2 aromatic rings. The van der Waals surface area contributed by atoms with Gasteiger partial charge in [-0.05, 0) is 18.9 Å². The SMILES string of the molecule is CCCN=C(N)Nc1nnc(-c2ccccc2C)s1. The summed E-state index contributed by atoms with van der Waals surface area (Å²) in [5, 5.41) is 12.8. The molecule has 1 aromatic heterocycles. The fourth-order valence-electron chi connectivity index (χ4n) is 1.58.